The molecule has 0 aliphatic heterocycles. The van der Waals surface area contributed by atoms with Crippen molar-refractivity contribution in [1.82, 2.24) is 10.3 Å². The van der Waals surface area contributed by atoms with Gasteiger partial charge in [-0.2, -0.15) is 0 Å². The molecule has 0 spiro atoms. The number of carbonyl (C=O) groups is 2. The van der Waals surface area contributed by atoms with Gasteiger partial charge in [-0.15, -0.1) is 0 Å². The summed E-state index contributed by atoms with van der Waals surface area (Å²) in [5, 5.41) is 3.88. The third kappa shape index (κ3) is 3.61. The summed E-state index contributed by atoms with van der Waals surface area (Å²) in [6.45, 7) is 1.84. The fourth-order valence-corrected chi connectivity index (χ4v) is 4.85. The second-order valence-corrected chi connectivity index (χ2v) is 8.83. The molecule has 2 aromatic rings. The Morgan fingerprint density at radius 1 is 1.18 bits per heavy atom. The van der Waals surface area contributed by atoms with Crippen molar-refractivity contribution in [3.63, 3.8) is 0 Å². The quantitative estimate of drug-likeness (QED) is 0.676. The molecule has 0 saturated heterocycles. The van der Waals surface area contributed by atoms with Gasteiger partial charge in [-0.25, -0.2) is 0 Å². The Balaban J connectivity index is 1.25. The Morgan fingerprint density at radius 3 is 2.61 bits per heavy atom. The van der Waals surface area contributed by atoms with Crippen LogP contribution in [-0.2, 0) is 4.79 Å². The van der Waals surface area contributed by atoms with Gasteiger partial charge in [0.25, 0.3) is 5.91 Å². The van der Waals surface area contributed by atoms with Crippen LogP contribution >= 0.6 is 23.2 Å². The van der Waals surface area contributed by atoms with Crippen LogP contribution < -0.4 is 10.1 Å². The van der Waals surface area contributed by atoms with Gasteiger partial charge >= 0.3 is 0 Å². The van der Waals surface area contributed by atoms with E-state index in [0.717, 1.165) is 24.8 Å². The number of rotatable bonds is 7. The summed E-state index contributed by atoms with van der Waals surface area (Å²) in [6.07, 6.45) is 6.35. The van der Waals surface area contributed by atoms with Crippen molar-refractivity contribution in [3.8, 4) is 5.75 Å². The zero-order valence-electron chi connectivity index (χ0n) is 15.4. The SMILES string of the molecule is Cc1ccncc1C(=O)CC12CC(NC(=O)COc3ccc(Cl)c(Cl)c3)(C1)C2. The maximum Gasteiger partial charge on any atom is 0.258 e. The van der Waals surface area contributed by atoms with Crippen LogP contribution in [0.25, 0.3) is 0 Å². The van der Waals surface area contributed by atoms with E-state index < -0.39 is 0 Å². The number of hydrogen-bond donors (Lipinski definition) is 1. The number of halogens is 2. The summed E-state index contributed by atoms with van der Waals surface area (Å²) in [5.74, 6) is 0.457. The molecule has 0 unspecified atom stereocenters. The lowest BCUT2D eigenvalue weighted by Gasteiger charge is -2.70. The van der Waals surface area contributed by atoms with Crippen LogP contribution in [0, 0.1) is 12.3 Å². The molecule has 1 heterocycles. The predicted octanol–water partition coefficient (Wildman–Crippen LogP) is 4.39. The van der Waals surface area contributed by atoms with Crippen LogP contribution in [0.15, 0.2) is 36.7 Å². The fourth-order valence-electron chi connectivity index (χ4n) is 4.56. The standard InChI is InChI=1S/C21H20Cl2N2O3/c1-13-4-5-24-8-15(13)18(26)7-20-10-21(11-20,12-20)25-19(27)9-28-14-2-3-16(22)17(23)6-14/h2-6,8H,7,9-12H2,1H3,(H,25,27). The van der Waals surface area contributed by atoms with E-state index in [-0.39, 0.29) is 29.3 Å². The molecule has 1 N–H and O–H groups in total. The average Bonchev–Trinajstić information content (AvgIpc) is 2.60. The molecule has 1 aromatic heterocycles. The summed E-state index contributed by atoms with van der Waals surface area (Å²) in [4.78, 5) is 28.8. The monoisotopic (exact) mass is 418 g/mol. The molecule has 3 aliphatic carbocycles. The normalized spacial score (nSPS) is 24.7. The smallest absolute Gasteiger partial charge is 0.258 e. The first-order valence-corrected chi connectivity index (χ1v) is 9.88. The Hall–Kier alpha value is -2.11. The van der Waals surface area contributed by atoms with Crippen LogP contribution in [0.1, 0.15) is 41.6 Å². The van der Waals surface area contributed by atoms with E-state index >= 15 is 0 Å². The number of aryl methyl sites for hydroxylation is 1. The van der Waals surface area contributed by atoms with Gasteiger partial charge in [0.05, 0.1) is 10.0 Å². The molecule has 5 nitrogen and oxygen atoms in total. The number of ether oxygens (including phenoxy) is 1. The number of nitrogens with zero attached hydrogens (tertiary/aromatic N) is 1. The molecule has 0 atom stereocenters. The third-order valence-electron chi connectivity index (χ3n) is 5.68. The third-order valence-corrected chi connectivity index (χ3v) is 6.42. The minimum atomic E-state index is -0.178. The molecule has 0 radical (unpaired) electrons. The van der Waals surface area contributed by atoms with Crippen LogP contribution in [0.3, 0.4) is 0 Å². The molecule has 3 saturated carbocycles. The average molecular weight is 419 g/mol. The minimum absolute atomic E-state index is 0.0250. The van der Waals surface area contributed by atoms with Crippen molar-refractivity contribution < 1.29 is 14.3 Å². The van der Waals surface area contributed by atoms with Crippen molar-refractivity contribution in [2.45, 2.75) is 38.1 Å². The Labute approximate surface area is 173 Å². The number of nitrogens with one attached hydrogen (secondary N) is 1. The van der Waals surface area contributed by atoms with Gasteiger partial charge in [0, 0.05) is 36.0 Å². The zero-order valence-corrected chi connectivity index (χ0v) is 16.9. The summed E-state index contributed by atoms with van der Waals surface area (Å²) in [5.41, 5.74) is 1.49. The number of ketones is 1. The van der Waals surface area contributed by atoms with E-state index in [1.54, 1.807) is 30.6 Å². The summed E-state index contributed by atoms with van der Waals surface area (Å²) < 4.78 is 5.48. The number of carbonyl (C=O) groups excluding carboxylic acids is 2. The highest BCUT2D eigenvalue weighted by atomic mass is 35.5. The van der Waals surface area contributed by atoms with Crippen LogP contribution in [-0.4, -0.2) is 28.8 Å². The zero-order chi connectivity index (χ0) is 19.9. The van der Waals surface area contributed by atoms with Crippen molar-refractivity contribution in [1.29, 1.82) is 0 Å². The molecular weight excluding hydrogens is 399 g/mol. The van der Waals surface area contributed by atoms with Crippen molar-refractivity contribution >= 4 is 34.9 Å². The highest BCUT2D eigenvalue weighted by Gasteiger charge is 2.68. The van der Waals surface area contributed by atoms with Gasteiger partial charge in [-0.1, -0.05) is 23.2 Å². The number of benzene rings is 1. The topological polar surface area (TPSA) is 68.3 Å². The summed E-state index contributed by atoms with van der Waals surface area (Å²) >= 11 is 11.8. The summed E-state index contributed by atoms with van der Waals surface area (Å²) in [6, 6.07) is 6.73. The maximum absolute atomic E-state index is 12.6. The Bertz CT molecular complexity index is 941. The van der Waals surface area contributed by atoms with Gasteiger partial charge in [-0.05, 0) is 55.4 Å². The molecule has 146 valence electrons. The highest BCUT2D eigenvalue weighted by Crippen LogP contribution is 2.69. The van der Waals surface area contributed by atoms with Crippen LogP contribution in [0.2, 0.25) is 10.0 Å². The first-order chi connectivity index (χ1) is 13.3. The molecule has 3 fully saturated rings. The van der Waals surface area contributed by atoms with E-state index in [0.29, 0.717) is 27.8 Å². The van der Waals surface area contributed by atoms with Crippen molar-refractivity contribution in [2.24, 2.45) is 5.41 Å². The molecule has 5 rings (SSSR count). The van der Waals surface area contributed by atoms with Gasteiger partial charge in [-0.3, -0.25) is 14.6 Å². The molecular formula is C21H20Cl2N2O3. The second-order valence-electron chi connectivity index (χ2n) is 8.01. The molecule has 1 aromatic carbocycles. The summed E-state index contributed by atoms with van der Waals surface area (Å²) in [7, 11) is 0. The Kier molecular flexibility index (Phi) is 4.84. The lowest BCUT2D eigenvalue weighted by molar-refractivity contribution is -0.164. The predicted molar refractivity (Wildman–Crippen MR) is 107 cm³/mol. The van der Waals surface area contributed by atoms with Crippen molar-refractivity contribution in [3.05, 3.63) is 57.8 Å². The van der Waals surface area contributed by atoms with Gasteiger partial charge in [0.2, 0.25) is 0 Å². The van der Waals surface area contributed by atoms with Gasteiger partial charge < -0.3 is 10.1 Å². The van der Waals surface area contributed by atoms with Crippen LogP contribution in [0.5, 0.6) is 5.75 Å². The number of Topliss-reactive ketones (excluding diaryl/α,β-unsaturated/α-hetero) is 1. The second kappa shape index (κ2) is 7.05. The molecule has 28 heavy (non-hydrogen) atoms. The molecule has 7 heteroatoms. The number of amides is 1. The van der Waals surface area contributed by atoms with E-state index in [1.807, 2.05) is 13.0 Å². The first kappa shape index (κ1) is 19.2. The fraction of sp³-hybridized carbons (Fsp3) is 0.381. The van der Waals surface area contributed by atoms with Gasteiger partial charge in [0.15, 0.2) is 12.4 Å². The number of hydrogen-bond acceptors (Lipinski definition) is 4. The van der Waals surface area contributed by atoms with Crippen molar-refractivity contribution in [2.75, 3.05) is 6.61 Å². The largest absolute Gasteiger partial charge is 0.484 e. The highest BCUT2D eigenvalue weighted by molar-refractivity contribution is 6.42. The lowest BCUT2D eigenvalue weighted by Crippen LogP contribution is -2.75. The van der Waals surface area contributed by atoms with E-state index in [2.05, 4.69) is 10.3 Å². The number of pyridine rings is 1. The minimum Gasteiger partial charge on any atom is -0.484 e. The Morgan fingerprint density at radius 2 is 1.93 bits per heavy atom. The van der Waals surface area contributed by atoms with Crippen LogP contribution in [0.4, 0.5) is 0 Å². The molecule has 1 amide bonds. The van der Waals surface area contributed by atoms with E-state index in [4.69, 9.17) is 27.9 Å². The number of aromatic nitrogens is 1. The lowest BCUT2D eigenvalue weighted by atomic mass is 9.38. The van der Waals surface area contributed by atoms with E-state index in [9.17, 15) is 9.59 Å². The first-order valence-electron chi connectivity index (χ1n) is 9.13. The van der Waals surface area contributed by atoms with Gasteiger partial charge in [0.1, 0.15) is 5.75 Å². The van der Waals surface area contributed by atoms with E-state index in [1.165, 1.54) is 0 Å². The maximum atomic E-state index is 12.6. The molecule has 2 bridgehead atoms. The molecule has 3 aliphatic rings.